The van der Waals surface area contributed by atoms with Gasteiger partial charge >= 0.3 is 0 Å². The maximum Gasteiger partial charge on any atom is 0.187 e. The highest BCUT2D eigenvalue weighted by Crippen LogP contribution is 2.46. The minimum absolute atomic E-state index is 0.264. The topological polar surface area (TPSA) is 86.2 Å². The summed E-state index contributed by atoms with van der Waals surface area (Å²) in [7, 11) is 2.99. The van der Waals surface area contributed by atoms with Crippen molar-refractivity contribution in [3.05, 3.63) is 45.7 Å². The molecule has 0 radical (unpaired) electrons. The lowest BCUT2D eigenvalue weighted by molar-refractivity contribution is 0.112. The molecule has 2 aromatic heterocycles. The highest BCUT2D eigenvalue weighted by Gasteiger charge is 2.21. The molecule has 0 spiro atoms. The summed E-state index contributed by atoms with van der Waals surface area (Å²) in [6.07, 6.45) is 5.74. The number of carbonyl (C=O) groups excluding carboxylic acids is 1. The van der Waals surface area contributed by atoms with Crippen LogP contribution in [0.2, 0.25) is 10.0 Å². The number of benzene rings is 1. The van der Waals surface area contributed by atoms with Crippen molar-refractivity contribution in [3.63, 3.8) is 0 Å². The largest absolute Gasteiger partial charge is 0.495 e. The van der Waals surface area contributed by atoms with Crippen molar-refractivity contribution in [2.24, 2.45) is 0 Å². The molecule has 0 aliphatic heterocycles. The van der Waals surface area contributed by atoms with Crippen molar-refractivity contribution in [2.75, 3.05) is 25.8 Å². The number of hydrogen-bond acceptors (Lipinski definition) is 8. The fourth-order valence-corrected chi connectivity index (χ4v) is 3.67. The summed E-state index contributed by atoms with van der Waals surface area (Å²) in [4.78, 5) is 24.8. The molecule has 0 fully saturated rings. The Morgan fingerprint density at radius 3 is 2.30 bits per heavy atom. The smallest absolute Gasteiger partial charge is 0.187 e. The third-order valence-corrected chi connectivity index (χ3v) is 5.51. The Balaban J connectivity index is 2.21. The van der Waals surface area contributed by atoms with E-state index in [1.165, 1.54) is 32.2 Å². The van der Waals surface area contributed by atoms with E-state index in [1.54, 1.807) is 12.3 Å². The molecule has 10 heteroatoms. The molecule has 0 unspecified atom stereocenters. The second-order valence-electron chi connectivity index (χ2n) is 6.10. The van der Waals surface area contributed by atoms with Gasteiger partial charge in [-0.05, 0) is 24.8 Å². The number of rotatable bonds is 7. The molecular weight excluding hydrogens is 447 g/mol. The molecule has 30 heavy (non-hydrogen) atoms. The molecule has 7 nitrogen and oxygen atoms in total. The van der Waals surface area contributed by atoms with E-state index in [4.69, 9.17) is 32.7 Å². The molecule has 3 rings (SSSR count). The number of ether oxygens (including phenoxy) is 2. The number of aldehydes is 1. The third kappa shape index (κ3) is 4.30. The zero-order valence-corrected chi connectivity index (χ0v) is 18.9. The second-order valence-corrected chi connectivity index (χ2v) is 7.63. The van der Waals surface area contributed by atoms with Crippen molar-refractivity contribution in [2.45, 2.75) is 12.1 Å². The molecule has 1 N–H and O–H groups in total. The van der Waals surface area contributed by atoms with Crippen molar-refractivity contribution in [1.82, 2.24) is 15.0 Å². The Labute approximate surface area is 188 Å². The Bertz CT molecular complexity index is 1080. The molecule has 0 amide bonds. The summed E-state index contributed by atoms with van der Waals surface area (Å²) in [5.74, 6) is 1.18. The summed E-state index contributed by atoms with van der Waals surface area (Å²) in [6, 6.07) is 3.47. The fraction of sp³-hybridized carbons (Fsp3) is 0.200. The Morgan fingerprint density at radius 1 is 1.07 bits per heavy atom. The van der Waals surface area contributed by atoms with Gasteiger partial charge in [0, 0.05) is 24.0 Å². The number of carbonyl (C=O) groups is 1. The van der Waals surface area contributed by atoms with Crippen molar-refractivity contribution in [1.29, 1.82) is 0 Å². The van der Waals surface area contributed by atoms with Crippen LogP contribution >= 0.6 is 35.0 Å². The number of anilines is 2. The molecule has 1 aromatic carbocycles. The van der Waals surface area contributed by atoms with E-state index < -0.39 is 0 Å². The van der Waals surface area contributed by atoms with Crippen molar-refractivity contribution >= 4 is 52.8 Å². The first-order valence-corrected chi connectivity index (χ1v) is 10.6. The molecule has 0 atom stereocenters. The molecule has 0 aliphatic carbocycles. The monoisotopic (exact) mass is 464 g/mol. The van der Waals surface area contributed by atoms with E-state index in [1.807, 2.05) is 19.2 Å². The quantitative estimate of drug-likeness (QED) is 0.280. The normalized spacial score (nSPS) is 10.6. The van der Waals surface area contributed by atoms with Crippen LogP contribution in [0.5, 0.6) is 11.5 Å². The average molecular weight is 465 g/mol. The molecule has 2 heterocycles. The van der Waals surface area contributed by atoms with E-state index in [0.29, 0.717) is 51.3 Å². The van der Waals surface area contributed by atoms with Gasteiger partial charge in [0.1, 0.15) is 27.4 Å². The number of aromatic nitrogens is 3. The summed E-state index contributed by atoms with van der Waals surface area (Å²) in [5, 5.41) is 4.21. The summed E-state index contributed by atoms with van der Waals surface area (Å²) in [6.45, 7) is 1.89. The first-order valence-electron chi connectivity index (χ1n) is 8.63. The van der Waals surface area contributed by atoms with Gasteiger partial charge in [0.05, 0.1) is 31.2 Å². The summed E-state index contributed by atoms with van der Waals surface area (Å²) >= 11 is 14.3. The maximum absolute atomic E-state index is 11.6. The number of nitrogens with one attached hydrogen (secondary N) is 1. The minimum Gasteiger partial charge on any atom is -0.495 e. The van der Waals surface area contributed by atoms with E-state index in [0.717, 1.165) is 5.56 Å². The summed E-state index contributed by atoms with van der Waals surface area (Å²) < 4.78 is 10.6. The predicted octanol–water partition coefficient (Wildman–Crippen LogP) is 5.45. The number of pyridine rings is 1. The maximum atomic E-state index is 11.6. The van der Waals surface area contributed by atoms with Crippen LogP contribution in [0.4, 0.5) is 11.5 Å². The first kappa shape index (κ1) is 22.1. The predicted molar refractivity (Wildman–Crippen MR) is 120 cm³/mol. The molecule has 3 aromatic rings. The Morgan fingerprint density at radius 2 is 1.73 bits per heavy atom. The first-order chi connectivity index (χ1) is 14.4. The summed E-state index contributed by atoms with van der Waals surface area (Å²) in [5.41, 5.74) is 2.63. The van der Waals surface area contributed by atoms with Gasteiger partial charge in [-0.3, -0.25) is 4.79 Å². The molecule has 0 aliphatic rings. The van der Waals surface area contributed by atoms with Crippen LogP contribution in [0, 0.1) is 6.92 Å². The van der Waals surface area contributed by atoms with Crippen LogP contribution in [0.1, 0.15) is 15.9 Å². The number of methoxy groups -OCH3 is 2. The van der Waals surface area contributed by atoms with Crippen molar-refractivity contribution in [3.8, 4) is 22.8 Å². The highest BCUT2D eigenvalue weighted by molar-refractivity contribution is 7.98. The lowest BCUT2D eigenvalue weighted by Crippen LogP contribution is -2.04. The number of hydrogen-bond donors (Lipinski definition) is 1. The lowest BCUT2D eigenvalue weighted by Gasteiger charge is -2.18. The van der Waals surface area contributed by atoms with Crippen LogP contribution in [-0.2, 0) is 0 Å². The molecule has 0 bridgehead atoms. The molecule has 0 saturated heterocycles. The molecular formula is C20H18Cl2N4O3S. The highest BCUT2D eigenvalue weighted by atomic mass is 35.5. The van der Waals surface area contributed by atoms with Gasteiger partial charge in [-0.25, -0.2) is 15.0 Å². The van der Waals surface area contributed by atoms with E-state index >= 15 is 0 Å². The average Bonchev–Trinajstić information content (AvgIpc) is 2.77. The van der Waals surface area contributed by atoms with Gasteiger partial charge in [-0.15, -0.1) is 0 Å². The Kier molecular flexibility index (Phi) is 7.02. The Hall–Kier alpha value is -2.55. The van der Waals surface area contributed by atoms with Gasteiger partial charge in [-0.2, -0.15) is 0 Å². The van der Waals surface area contributed by atoms with Crippen LogP contribution in [0.15, 0.2) is 29.7 Å². The van der Waals surface area contributed by atoms with Gasteiger partial charge in [0.15, 0.2) is 11.4 Å². The van der Waals surface area contributed by atoms with Crippen molar-refractivity contribution < 1.29 is 14.3 Å². The van der Waals surface area contributed by atoms with Gasteiger partial charge in [0.25, 0.3) is 0 Å². The van der Waals surface area contributed by atoms with Crippen LogP contribution < -0.4 is 14.8 Å². The zero-order valence-electron chi connectivity index (χ0n) is 16.6. The second kappa shape index (κ2) is 9.51. The van der Waals surface area contributed by atoms with Crippen LogP contribution in [-0.4, -0.2) is 41.7 Å². The van der Waals surface area contributed by atoms with Gasteiger partial charge < -0.3 is 14.8 Å². The number of aryl methyl sites for hydroxylation is 1. The van der Waals surface area contributed by atoms with E-state index in [9.17, 15) is 4.79 Å². The van der Waals surface area contributed by atoms with Crippen LogP contribution in [0.3, 0.4) is 0 Å². The van der Waals surface area contributed by atoms with Gasteiger partial charge in [-0.1, -0.05) is 35.0 Å². The standard InChI is InChI=1S/C20H18Cl2N4O3S/c1-10-5-12(17-11(9-27)8-24-20(26-17)30-4)19(23-7-10)25-18-15(21)13(28-2)6-14(29-3)16(18)22/h5-9H,1-4H3,(H,23,25). The minimum atomic E-state index is 0.264. The SMILES string of the molecule is COc1cc(OC)c(Cl)c(Nc2ncc(C)cc2-c2nc(SC)ncc2C=O)c1Cl. The molecule has 0 saturated carbocycles. The van der Waals surface area contributed by atoms with E-state index in [2.05, 4.69) is 20.3 Å². The number of halogens is 2. The third-order valence-electron chi connectivity index (χ3n) is 4.20. The zero-order chi connectivity index (χ0) is 21.8. The number of thioether (sulfide) groups is 1. The number of nitrogens with zero attached hydrogens (tertiary/aromatic N) is 3. The lowest BCUT2D eigenvalue weighted by atomic mass is 10.1. The molecule has 156 valence electrons. The van der Waals surface area contributed by atoms with Gasteiger partial charge in [0.2, 0.25) is 0 Å². The fourth-order valence-electron chi connectivity index (χ4n) is 2.74. The van der Waals surface area contributed by atoms with Crippen LogP contribution in [0.25, 0.3) is 11.3 Å². The van der Waals surface area contributed by atoms with E-state index in [-0.39, 0.29) is 10.0 Å².